The number of pyridine rings is 1. The van der Waals surface area contributed by atoms with Crippen molar-refractivity contribution >= 4 is 11.8 Å². The highest BCUT2D eigenvalue weighted by molar-refractivity contribution is 5.94. The van der Waals surface area contributed by atoms with Crippen LogP contribution in [0.2, 0.25) is 0 Å². The molecular weight excluding hydrogens is 306 g/mol. The molecule has 2 aliphatic rings. The van der Waals surface area contributed by atoms with E-state index in [1.807, 2.05) is 4.90 Å². The Hall–Kier alpha value is -2.11. The van der Waals surface area contributed by atoms with Crippen molar-refractivity contribution in [2.75, 3.05) is 19.6 Å². The molecule has 0 saturated carbocycles. The normalized spacial score (nSPS) is 19.8. The van der Waals surface area contributed by atoms with E-state index in [4.69, 9.17) is 0 Å². The van der Waals surface area contributed by atoms with Gasteiger partial charge in [0.25, 0.3) is 5.91 Å². The minimum Gasteiger partial charge on any atom is -0.356 e. The molecule has 1 aromatic rings. The first-order valence-corrected chi connectivity index (χ1v) is 8.66. The Bertz CT molecular complexity index is 700. The molecule has 2 N–H and O–H groups in total. The number of nitrogens with one attached hydrogen (secondary N) is 2. The van der Waals surface area contributed by atoms with Gasteiger partial charge in [-0.2, -0.15) is 0 Å². The minimum atomic E-state index is -0.226. The van der Waals surface area contributed by atoms with Crippen LogP contribution in [0, 0.1) is 11.3 Å². The lowest BCUT2D eigenvalue weighted by Crippen LogP contribution is -2.44. The van der Waals surface area contributed by atoms with Gasteiger partial charge in [0.15, 0.2) is 0 Å². The lowest BCUT2D eigenvalue weighted by Gasteiger charge is -2.38. The third kappa shape index (κ3) is 3.52. The predicted molar refractivity (Wildman–Crippen MR) is 90.8 cm³/mol. The molecule has 3 rings (SSSR count). The van der Waals surface area contributed by atoms with E-state index >= 15 is 0 Å². The van der Waals surface area contributed by atoms with Crippen LogP contribution in [0.5, 0.6) is 0 Å². The predicted octanol–water partition coefficient (Wildman–Crippen LogP) is 1.32. The van der Waals surface area contributed by atoms with E-state index in [9.17, 15) is 14.4 Å². The molecule has 3 heterocycles. The van der Waals surface area contributed by atoms with E-state index < -0.39 is 0 Å². The molecule has 0 bridgehead atoms. The average Bonchev–Trinajstić information content (AvgIpc) is 2.87. The van der Waals surface area contributed by atoms with Gasteiger partial charge < -0.3 is 15.2 Å². The number of likely N-dealkylation sites (tertiary alicyclic amines) is 1. The second kappa shape index (κ2) is 6.42. The van der Waals surface area contributed by atoms with Gasteiger partial charge in [0.2, 0.25) is 11.5 Å². The molecule has 1 aromatic heterocycles. The number of rotatable bonds is 3. The van der Waals surface area contributed by atoms with Crippen molar-refractivity contribution in [3.8, 4) is 0 Å². The number of H-pyrrole nitrogens is 1. The monoisotopic (exact) mass is 331 g/mol. The highest BCUT2D eigenvalue weighted by atomic mass is 16.2. The molecule has 2 fully saturated rings. The van der Waals surface area contributed by atoms with Crippen LogP contribution in [0.1, 0.15) is 49.2 Å². The zero-order valence-electron chi connectivity index (χ0n) is 14.4. The van der Waals surface area contributed by atoms with Crippen molar-refractivity contribution < 1.29 is 9.59 Å². The molecule has 1 spiro atoms. The summed E-state index contributed by atoms with van der Waals surface area (Å²) >= 11 is 0. The van der Waals surface area contributed by atoms with Gasteiger partial charge in [0.1, 0.15) is 0 Å². The largest absolute Gasteiger partial charge is 0.356 e. The van der Waals surface area contributed by atoms with Crippen LogP contribution in [-0.2, 0) is 11.2 Å². The molecule has 2 amide bonds. The van der Waals surface area contributed by atoms with Crippen molar-refractivity contribution in [1.82, 2.24) is 15.2 Å². The Morgan fingerprint density at radius 1 is 1.25 bits per heavy atom. The zero-order chi connectivity index (χ0) is 17.3. The average molecular weight is 331 g/mol. The van der Waals surface area contributed by atoms with Crippen LogP contribution in [-0.4, -0.2) is 41.3 Å². The molecule has 0 aliphatic carbocycles. The van der Waals surface area contributed by atoms with Crippen molar-refractivity contribution in [3.63, 3.8) is 0 Å². The highest BCUT2D eigenvalue weighted by Gasteiger charge is 2.41. The van der Waals surface area contributed by atoms with E-state index in [2.05, 4.69) is 24.1 Å². The Balaban J connectivity index is 1.70. The van der Waals surface area contributed by atoms with E-state index in [0.717, 1.165) is 31.5 Å². The van der Waals surface area contributed by atoms with Gasteiger partial charge in [-0.25, -0.2) is 0 Å². The summed E-state index contributed by atoms with van der Waals surface area (Å²) in [5, 5.41) is 2.90. The van der Waals surface area contributed by atoms with Gasteiger partial charge in [-0.15, -0.1) is 0 Å². The van der Waals surface area contributed by atoms with Crippen molar-refractivity contribution in [1.29, 1.82) is 0 Å². The summed E-state index contributed by atoms with van der Waals surface area (Å²) in [6.45, 7) is 6.15. The summed E-state index contributed by atoms with van der Waals surface area (Å²) in [5.74, 6) is 0.439. The van der Waals surface area contributed by atoms with Gasteiger partial charge in [0.05, 0.1) is 0 Å². The first-order chi connectivity index (χ1) is 11.4. The summed E-state index contributed by atoms with van der Waals surface area (Å²) in [4.78, 5) is 40.7. The van der Waals surface area contributed by atoms with Crippen molar-refractivity contribution in [2.45, 2.75) is 39.5 Å². The fourth-order valence-electron chi connectivity index (χ4n) is 3.75. The maximum Gasteiger partial charge on any atom is 0.254 e. The lowest BCUT2D eigenvalue weighted by molar-refractivity contribution is -0.119. The van der Waals surface area contributed by atoms with Gasteiger partial charge in [-0.1, -0.05) is 13.8 Å². The second-order valence-electron chi connectivity index (χ2n) is 7.60. The highest BCUT2D eigenvalue weighted by Crippen LogP contribution is 2.37. The minimum absolute atomic E-state index is 0.0187. The first-order valence-electron chi connectivity index (χ1n) is 8.66. The van der Waals surface area contributed by atoms with E-state index in [1.54, 1.807) is 6.07 Å². The molecule has 0 aromatic carbocycles. The number of carbonyl (C=O) groups excluding carboxylic acids is 2. The van der Waals surface area contributed by atoms with Gasteiger partial charge >= 0.3 is 0 Å². The topological polar surface area (TPSA) is 82.3 Å². The Morgan fingerprint density at radius 3 is 2.54 bits per heavy atom. The number of hydrogen-bond acceptors (Lipinski definition) is 3. The summed E-state index contributed by atoms with van der Waals surface area (Å²) in [6.07, 6.45) is 2.98. The van der Waals surface area contributed by atoms with Gasteiger partial charge in [-0.3, -0.25) is 14.4 Å². The molecule has 6 heteroatoms. The Morgan fingerprint density at radius 2 is 1.96 bits per heavy atom. The molecule has 0 atom stereocenters. The first kappa shape index (κ1) is 16.7. The molecule has 130 valence electrons. The Kier molecular flexibility index (Phi) is 4.47. The zero-order valence-corrected chi connectivity index (χ0v) is 14.4. The SMILES string of the molecule is CC(C)Cc1cc(C(=O)N2CCC3(CC2)CNC(=O)C3)cc(=O)[nH]1. The fourth-order valence-corrected chi connectivity index (χ4v) is 3.75. The van der Waals surface area contributed by atoms with E-state index in [-0.39, 0.29) is 22.8 Å². The number of carbonyl (C=O) groups is 2. The molecule has 0 radical (unpaired) electrons. The summed E-state index contributed by atoms with van der Waals surface area (Å²) < 4.78 is 0. The maximum atomic E-state index is 12.7. The molecule has 2 saturated heterocycles. The van der Waals surface area contributed by atoms with Gasteiger partial charge in [0, 0.05) is 43.4 Å². The second-order valence-corrected chi connectivity index (χ2v) is 7.60. The van der Waals surface area contributed by atoms with E-state index in [1.165, 1.54) is 6.07 Å². The molecule has 24 heavy (non-hydrogen) atoms. The third-order valence-electron chi connectivity index (χ3n) is 5.08. The molecule has 2 aliphatic heterocycles. The number of aromatic nitrogens is 1. The summed E-state index contributed by atoms with van der Waals surface area (Å²) in [6, 6.07) is 3.19. The van der Waals surface area contributed by atoms with Crippen LogP contribution in [0.3, 0.4) is 0 Å². The van der Waals surface area contributed by atoms with Crippen molar-refractivity contribution in [2.24, 2.45) is 11.3 Å². The molecule has 6 nitrogen and oxygen atoms in total. The summed E-state index contributed by atoms with van der Waals surface area (Å²) in [7, 11) is 0. The molecular formula is C18H25N3O3. The van der Waals surface area contributed by atoms with Crippen LogP contribution in [0.4, 0.5) is 0 Å². The number of amides is 2. The fraction of sp³-hybridized carbons (Fsp3) is 0.611. The number of nitrogens with zero attached hydrogens (tertiary/aromatic N) is 1. The Labute approximate surface area is 141 Å². The number of hydrogen-bond donors (Lipinski definition) is 2. The standard InChI is InChI=1S/C18H25N3O3/c1-12(2)7-14-8-13(9-15(22)20-14)17(24)21-5-3-18(4-6-21)10-16(23)19-11-18/h8-9,12H,3-7,10-11H2,1-2H3,(H,19,23)(H,20,22). The number of aromatic amines is 1. The van der Waals surface area contributed by atoms with Crippen LogP contribution in [0.15, 0.2) is 16.9 Å². The quantitative estimate of drug-likeness (QED) is 0.876. The van der Waals surface area contributed by atoms with Crippen molar-refractivity contribution in [3.05, 3.63) is 33.7 Å². The van der Waals surface area contributed by atoms with Crippen LogP contribution >= 0.6 is 0 Å². The maximum absolute atomic E-state index is 12.7. The van der Waals surface area contributed by atoms with Crippen LogP contribution in [0.25, 0.3) is 0 Å². The molecule has 0 unspecified atom stereocenters. The lowest BCUT2D eigenvalue weighted by atomic mass is 9.77. The van der Waals surface area contributed by atoms with Crippen LogP contribution < -0.4 is 10.9 Å². The third-order valence-corrected chi connectivity index (χ3v) is 5.08. The smallest absolute Gasteiger partial charge is 0.254 e. The van der Waals surface area contributed by atoms with E-state index in [0.29, 0.717) is 31.0 Å². The number of piperidine rings is 1. The summed E-state index contributed by atoms with van der Waals surface area (Å²) in [5.41, 5.74) is 1.06. The van der Waals surface area contributed by atoms with Gasteiger partial charge in [-0.05, 0) is 36.7 Å².